The molecule has 0 bridgehead atoms. The standard InChI is InChI=1S/C45H30N4O/c1-3-13-29(14-4-1)31-17-11-18-32(27-31)44-46-43(30-15-5-2-6-16-30)47-45(48-44)33-19-12-20-34(28-33)49-39-23-9-7-21-35(39)37-25-26-38-36-22-8-10-24-40(36)50-42(38)41(37)49/h1-28,44H,(H,46,47,48). The number of fused-ring (bicyclic) bond motifs is 7. The van der Waals surface area contributed by atoms with Gasteiger partial charge in [0.15, 0.2) is 11.4 Å². The Morgan fingerprint density at radius 1 is 0.520 bits per heavy atom. The van der Waals surface area contributed by atoms with Crippen LogP contribution in [-0.4, -0.2) is 16.2 Å². The Balaban J connectivity index is 1.13. The largest absolute Gasteiger partial charge is 0.454 e. The topological polar surface area (TPSA) is 54.8 Å². The second-order valence-electron chi connectivity index (χ2n) is 12.7. The lowest BCUT2D eigenvalue weighted by Gasteiger charge is -2.24. The van der Waals surface area contributed by atoms with Gasteiger partial charge in [-0.3, -0.25) is 0 Å². The summed E-state index contributed by atoms with van der Waals surface area (Å²) >= 11 is 0. The minimum atomic E-state index is -0.326. The molecule has 1 aliphatic rings. The predicted molar refractivity (Wildman–Crippen MR) is 205 cm³/mol. The molecule has 5 nitrogen and oxygen atoms in total. The summed E-state index contributed by atoms with van der Waals surface area (Å²) in [6.45, 7) is 0. The molecule has 1 aliphatic heterocycles. The van der Waals surface area contributed by atoms with Crippen LogP contribution in [0.5, 0.6) is 0 Å². The molecular weight excluding hydrogens is 613 g/mol. The van der Waals surface area contributed by atoms with Crippen molar-refractivity contribution in [3.05, 3.63) is 187 Å². The first-order valence-electron chi connectivity index (χ1n) is 16.9. The molecule has 0 aliphatic carbocycles. The number of amidine groups is 2. The zero-order valence-corrected chi connectivity index (χ0v) is 27.0. The molecule has 0 spiro atoms. The maximum absolute atomic E-state index is 6.60. The van der Waals surface area contributed by atoms with Crippen molar-refractivity contribution in [2.75, 3.05) is 0 Å². The quantitative estimate of drug-likeness (QED) is 0.203. The fraction of sp³-hybridized carbons (Fsp3) is 0.0222. The average Bonchev–Trinajstić information content (AvgIpc) is 3.75. The molecular formula is C45H30N4O. The molecule has 1 unspecified atom stereocenters. The monoisotopic (exact) mass is 642 g/mol. The number of hydrogen-bond acceptors (Lipinski definition) is 4. The van der Waals surface area contributed by atoms with E-state index >= 15 is 0 Å². The summed E-state index contributed by atoms with van der Waals surface area (Å²) in [6.07, 6.45) is -0.326. The summed E-state index contributed by atoms with van der Waals surface area (Å²) in [5.74, 6) is 1.46. The fourth-order valence-electron chi connectivity index (χ4n) is 7.29. The van der Waals surface area contributed by atoms with Crippen molar-refractivity contribution >= 4 is 55.4 Å². The Kier molecular flexibility index (Phi) is 6.49. The summed E-state index contributed by atoms with van der Waals surface area (Å²) < 4.78 is 8.93. The van der Waals surface area contributed by atoms with Gasteiger partial charge in [0, 0.05) is 38.4 Å². The van der Waals surface area contributed by atoms with Crippen molar-refractivity contribution in [3.63, 3.8) is 0 Å². The Morgan fingerprint density at radius 3 is 2.06 bits per heavy atom. The number of nitrogens with one attached hydrogen (secondary N) is 1. The first-order valence-corrected chi connectivity index (χ1v) is 16.9. The van der Waals surface area contributed by atoms with E-state index in [-0.39, 0.29) is 6.17 Å². The van der Waals surface area contributed by atoms with Gasteiger partial charge in [-0.2, -0.15) is 0 Å². The van der Waals surface area contributed by atoms with Gasteiger partial charge in [-0.1, -0.05) is 133 Å². The number of aliphatic imine (C=N–C) groups is 2. The first kappa shape index (κ1) is 28.3. The molecule has 3 heterocycles. The lowest BCUT2D eigenvalue weighted by molar-refractivity contribution is 0.671. The van der Waals surface area contributed by atoms with E-state index in [1.54, 1.807) is 0 Å². The highest BCUT2D eigenvalue weighted by Crippen LogP contribution is 2.40. The Bertz CT molecular complexity index is 2790. The second-order valence-corrected chi connectivity index (χ2v) is 12.7. The summed E-state index contributed by atoms with van der Waals surface area (Å²) in [6, 6.07) is 59.1. The van der Waals surface area contributed by atoms with E-state index in [4.69, 9.17) is 14.4 Å². The Hall–Kier alpha value is -6.72. The molecule has 2 aromatic heterocycles. The van der Waals surface area contributed by atoms with E-state index in [9.17, 15) is 0 Å². The van der Waals surface area contributed by atoms with Crippen LogP contribution in [0.15, 0.2) is 184 Å². The van der Waals surface area contributed by atoms with Gasteiger partial charge in [-0.15, -0.1) is 0 Å². The van der Waals surface area contributed by atoms with Crippen LogP contribution in [0.4, 0.5) is 0 Å². The number of rotatable bonds is 5. The molecule has 0 saturated carbocycles. The van der Waals surface area contributed by atoms with Crippen LogP contribution in [0.2, 0.25) is 0 Å². The molecule has 0 fully saturated rings. The number of nitrogens with zero attached hydrogens (tertiary/aromatic N) is 3. The van der Waals surface area contributed by atoms with Crippen LogP contribution in [-0.2, 0) is 0 Å². The van der Waals surface area contributed by atoms with E-state index < -0.39 is 0 Å². The van der Waals surface area contributed by atoms with Crippen LogP contribution in [0.1, 0.15) is 22.9 Å². The number of aromatic nitrogens is 1. The third-order valence-corrected chi connectivity index (χ3v) is 9.64. The minimum Gasteiger partial charge on any atom is -0.454 e. The van der Waals surface area contributed by atoms with Crippen molar-refractivity contribution < 1.29 is 4.42 Å². The normalized spacial score (nSPS) is 14.6. The zero-order chi connectivity index (χ0) is 33.0. The first-order chi connectivity index (χ1) is 24.8. The molecule has 0 radical (unpaired) electrons. The fourth-order valence-corrected chi connectivity index (χ4v) is 7.29. The van der Waals surface area contributed by atoms with Crippen LogP contribution in [0.25, 0.3) is 60.6 Å². The molecule has 7 aromatic carbocycles. The molecule has 236 valence electrons. The highest BCUT2D eigenvalue weighted by molar-refractivity contribution is 6.21. The lowest BCUT2D eigenvalue weighted by atomic mass is 10.0. The summed E-state index contributed by atoms with van der Waals surface area (Å²) in [7, 11) is 0. The molecule has 10 rings (SSSR count). The molecule has 5 heteroatoms. The third kappa shape index (κ3) is 4.63. The van der Waals surface area contributed by atoms with Crippen molar-refractivity contribution in [2.24, 2.45) is 9.98 Å². The molecule has 1 atom stereocenters. The predicted octanol–water partition coefficient (Wildman–Crippen LogP) is 10.8. The number of furan rings is 1. The van der Waals surface area contributed by atoms with Crippen molar-refractivity contribution in [1.29, 1.82) is 0 Å². The van der Waals surface area contributed by atoms with Gasteiger partial charge >= 0.3 is 0 Å². The van der Waals surface area contributed by atoms with E-state index in [2.05, 4.69) is 143 Å². The van der Waals surface area contributed by atoms with Gasteiger partial charge in [0.2, 0.25) is 0 Å². The molecule has 9 aromatic rings. The third-order valence-electron chi connectivity index (χ3n) is 9.64. The zero-order valence-electron chi connectivity index (χ0n) is 27.0. The number of para-hydroxylation sites is 2. The minimum absolute atomic E-state index is 0.326. The van der Waals surface area contributed by atoms with Crippen molar-refractivity contribution in [3.8, 4) is 16.8 Å². The van der Waals surface area contributed by atoms with Crippen LogP contribution in [0, 0.1) is 0 Å². The number of benzene rings is 7. The van der Waals surface area contributed by atoms with Crippen LogP contribution >= 0.6 is 0 Å². The van der Waals surface area contributed by atoms with Gasteiger partial charge in [0.25, 0.3) is 0 Å². The SMILES string of the molecule is c1ccc(C2=NC(c3cccc(-c4ccccc4)c3)NC(c3cccc(-n4c5ccccc5c5ccc6c7ccccc7oc6c54)c3)=N2)cc1. The van der Waals surface area contributed by atoms with Gasteiger partial charge in [-0.25, -0.2) is 9.98 Å². The molecule has 1 N–H and O–H groups in total. The van der Waals surface area contributed by atoms with E-state index in [0.29, 0.717) is 5.84 Å². The van der Waals surface area contributed by atoms with E-state index in [0.717, 1.165) is 72.1 Å². The highest BCUT2D eigenvalue weighted by atomic mass is 16.3. The second kappa shape index (κ2) is 11.5. The molecule has 50 heavy (non-hydrogen) atoms. The van der Waals surface area contributed by atoms with E-state index in [1.807, 2.05) is 36.4 Å². The lowest BCUT2D eigenvalue weighted by Crippen LogP contribution is -2.33. The van der Waals surface area contributed by atoms with Crippen molar-refractivity contribution in [1.82, 2.24) is 9.88 Å². The van der Waals surface area contributed by atoms with Gasteiger partial charge in [0.05, 0.1) is 11.0 Å². The van der Waals surface area contributed by atoms with Gasteiger partial charge < -0.3 is 14.3 Å². The van der Waals surface area contributed by atoms with Crippen LogP contribution in [0.3, 0.4) is 0 Å². The van der Waals surface area contributed by atoms with Gasteiger partial charge in [0.1, 0.15) is 17.6 Å². The molecule has 0 saturated heterocycles. The summed E-state index contributed by atoms with van der Waals surface area (Å²) in [5.41, 5.74) is 10.3. The van der Waals surface area contributed by atoms with Crippen molar-refractivity contribution in [2.45, 2.75) is 6.17 Å². The average molecular weight is 643 g/mol. The van der Waals surface area contributed by atoms with Crippen LogP contribution < -0.4 is 5.32 Å². The smallest absolute Gasteiger partial charge is 0.160 e. The van der Waals surface area contributed by atoms with E-state index in [1.165, 1.54) is 10.9 Å². The maximum atomic E-state index is 6.60. The maximum Gasteiger partial charge on any atom is 0.160 e. The summed E-state index contributed by atoms with van der Waals surface area (Å²) in [4.78, 5) is 10.3. The molecule has 0 amide bonds. The van der Waals surface area contributed by atoms with Gasteiger partial charge in [-0.05, 0) is 53.1 Å². The number of hydrogen-bond donors (Lipinski definition) is 1. The highest BCUT2D eigenvalue weighted by Gasteiger charge is 2.23. The Morgan fingerprint density at radius 2 is 1.20 bits per heavy atom. The summed E-state index contributed by atoms with van der Waals surface area (Å²) in [5, 5.41) is 8.25. The Labute approximate surface area is 288 Å².